The van der Waals surface area contributed by atoms with E-state index in [0.717, 1.165) is 21.2 Å². The molecule has 0 atom stereocenters. The largest absolute Gasteiger partial charge is 0.326 e. The molecule has 4 aromatic rings. The van der Waals surface area contributed by atoms with Gasteiger partial charge in [0.15, 0.2) is 5.65 Å². The third-order valence-electron chi connectivity index (χ3n) is 4.50. The molecular weight excluding hydrogens is 408 g/mol. The summed E-state index contributed by atoms with van der Waals surface area (Å²) in [6.07, 6.45) is 3.67. The molecule has 1 amide bonds. The molecule has 0 radical (unpaired) electrons. The van der Waals surface area contributed by atoms with Crippen LogP contribution in [0.1, 0.15) is 12.0 Å². The van der Waals surface area contributed by atoms with Gasteiger partial charge in [-0.1, -0.05) is 15.9 Å². The molecule has 0 aliphatic rings. The van der Waals surface area contributed by atoms with E-state index in [1.165, 1.54) is 0 Å². The second-order valence-corrected chi connectivity index (χ2v) is 7.18. The number of aromatic nitrogens is 3. The maximum atomic E-state index is 12.8. The molecular formula is C20H17BrN4O2. The fourth-order valence-corrected chi connectivity index (χ4v) is 3.40. The summed E-state index contributed by atoms with van der Waals surface area (Å²) in [5.74, 6) is -0.150. The number of hydrogen-bond acceptors (Lipinski definition) is 3. The first kappa shape index (κ1) is 17.5. The van der Waals surface area contributed by atoms with Gasteiger partial charge in [-0.3, -0.25) is 14.2 Å². The van der Waals surface area contributed by atoms with Crippen LogP contribution in [0.4, 0.5) is 5.69 Å². The number of halogens is 1. The van der Waals surface area contributed by atoms with Crippen molar-refractivity contribution in [2.75, 3.05) is 5.32 Å². The van der Waals surface area contributed by atoms with Crippen molar-refractivity contribution < 1.29 is 4.79 Å². The van der Waals surface area contributed by atoms with Crippen molar-refractivity contribution in [3.63, 3.8) is 0 Å². The van der Waals surface area contributed by atoms with Gasteiger partial charge in [-0.15, -0.1) is 0 Å². The number of benzene rings is 1. The maximum absolute atomic E-state index is 12.8. The fraction of sp³-hybridized carbons (Fsp3) is 0.150. The molecule has 0 bridgehead atoms. The Bertz CT molecular complexity index is 1230. The molecule has 3 aromatic heterocycles. The third kappa shape index (κ3) is 3.26. The Morgan fingerprint density at radius 2 is 2.00 bits per heavy atom. The van der Waals surface area contributed by atoms with Gasteiger partial charge in [0.25, 0.3) is 5.56 Å². The number of carbonyl (C=O) groups excluding carboxylic acids is 1. The van der Waals surface area contributed by atoms with E-state index in [0.29, 0.717) is 11.2 Å². The smallest absolute Gasteiger partial charge is 0.276 e. The second-order valence-electron chi connectivity index (χ2n) is 6.33. The van der Waals surface area contributed by atoms with Gasteiger partial charge in [-0.05, 0) is 55.0 Å². The highest BCUT2D eigenvalue weighted by atomic mass is 79.9. The van der Waals surface area contributed by atoms with Gasteiger partial charge >= 0.3 is 0 Å². The highest BCUT2D eigenvalue weighted by molar-refractivity contribution is 9.10. The molecule has 27 heavy (non-hydrogen) atoms. The lowest BCUT2D eigenvalue weighted by molar-refractivity contribution is -0.116. The van der Waals surface area contributed by atoms with Crippen LogP contribution in [-0.2, 0) is 11.3 Å². The lowest BCUT2D eigenvalue weighted by Crippen LogP contribution is -2.25. The monoisotopic (exact) mass is 424 g/mol. The first-order valence-electron chi connectivity index (χ1n) is 8.55. The van der Waals surface area contributed by atoms with Crippen molar-refractivity contribution in [1.82, 2.24) is 14.0 Å². The number of anilines is 1. The zero-order valence-corrected chi connectivity index (χ0v) is 16.2. The van der Waals surface area contributed by atoms with Gasteiger partial charge in [-0.25, -0.2) is 4.98 Å². The number of hydrogen-bond donors (Lipinski definition) is 1. The minimum absolute atomic E-state index is 0.150. The summed E-state index contributed by atoms with van der Waals surface area (Å²) < 4.78 is 4.38. The van der Waals surface area contributed by atoms with Gasteiger partial charge in [0.2, 0.25) is 5.91 Å². The third-order valence-corrected chi connectivity index (χ3v) is 5.39. The summed E-state index contributed by atoms with van der Waals surface area (Å²) in [6, 6.07) is 13.0. The number of rotatable bonds is 4. The normalized spacial score (nSPS) is 11.2. The van der Waals surface area contributed by atoms with Crippen molar-refractivity contribution >= 4 is 44.2 Å². The molecule has 7 heteroatoms. The molecule has 0 aliphatic carbocycles. The average molecular weight is 425 g/mol. The van der Waals surface area contributed by atoms with Crippen LogP contribution in [0, 0.1) is 6.92 Å². The van der Waals surface area contributed by atoms with Crippen molar-refractivity contribution in [2.24, 2.45) is 0 Å². The van der Waals surface area contributed by atoms with E-state index >= 15 is 0 Å². The number of aryl methyl sites for hydroxylation is 2. The molecule has 0 aliphatic heterocycles. The summed E-state index contributed by atoms with van der Waals surface area (Å²) in [6.45, 7) is 2.22. The zero-order chi connectivity index (χ0) is 19.0. The van der Waals surface area contributed by atoms with Crippen molar-refractivity contribution in [2.45, 2.75) is 19.9 Å². The van der Waals surface area contributed by atoms with E-state index in [1.54, 1.807) is 16.8 Å². The molecule has 1 aromatic carbocycles. The summed E-state index contributed by atoms with van der Waals surface area (Å²) in [5.41, 5.74) is 3.59. The lowest BCUT2D eigenvalue weighted by atomic mass is 10.2. The predicted molar refractivity (Wildman–Crippen MR) is 109 cm³/mol. The average Bonchev–Trinajstić information content (AvgIpc) is 3.15. The molecule has 136 valence electrons. The van der Waals surface area contributed by atoms with Crippen molar-refractivity contribution in [3.05, 3.63) is 75.2 Å². The van der Waals surface area contributed by atoms with Crippen LogP contribution >= 0.6 is 15.9 Å². The minimum atomic E-state index is -0.154. The van der Waals surface area contributed by atoms with Crippen LogP contribution in [0.3, 0.4) is 0 Å². The van der Waals surface area contributed by atoms with Crippen LogP contribution in [0.5, 0.6) is 0 Å². The number of fused-ring (bicyclic) bond motifs is 3. The molecule has 0 saturated heterocycles. The van der Waals surface area contributed by atoms with Crippen LogP contribution < -0.4 is 10.9 Å². The van der Waals surface area contributed by atoms with E-state index in [-0.39, 0.29) is 24.4 Å². The Morgan fingerprint density at radius 1 is 1.19 bits per heavy atom. The number of pyridine rings is 1. The van der Waals surface area contributed by atoms with E-state index < -0.39 is 0 Å². The topological polar surface area (TPSA) is 68.4 Å². The van der Waals surface area contributed by atoms with E-state index in [2.05, 4.69) is 26.2 Å². The molecule has 3 heterocycles. The predicted octanol–water partition coefficient (Wildman–Crippen LogP) is 3.75. The molecule has 0 saturated carbocycles. The number of carbonyl (C=O) groups is 1. The van der Waals surface area contributed by atoms with Gasteiger partial charge in [-0.2, -0.15) is 0 Å². The zero-order valence-electron chi connectivity index (χ0n) is 14.6. The van der Waals surface area contributed by atoms with Gasteiger partial charge < -0.3 is 9.72 Å². The van der Waals surface area contributed by atoms with E-state index in [1.807, 2.05) is 53.9 Å². The summed E-state index contributed by atoms with van der Waals surface area (Å²) in [5, 5.41) is 2.88. The molecule has 6 nitrogen and oxygen atoms in total. The van der Waals surface area contributed by atoms with Crippen LogP contribution in [0.15, 0.2) is 64.1 Å². The lowest BCUT2D eigenvalue weighted by Gasteiger charge is -2.12. The molecule has 4 rings (SSSR count). The van der Waals surface area contributed by atoms with E-state index in [9.17, 15) is 9.59 Å². The van der Waals surface area contributed by atoms with Gasteiger partial charge in [0.1, 0.15) is 5.52 Å². The Kier molecular flexibility index (Phi) is 4.53. The Labute approximate surface area is 163 Å². The minimum Gasteiger partial charge on any atom is -0.326 e. The van der Waals surface area contributed by atoms with E-state index in [4.69, 9.17) is 0 Å². The Morgan fingerprint density at radius 3 is 2.81 bits per heavy atom. The fourth-order valence-electron chi connectivity index (χ4n) is 3.15. The Hall–Kier alpha value is -2.93. The van der Waals surface area contributed by atoms with Crippen molar-refractivity contribution in [1.29, 1.82) is 0 Å². The highest BCUT2D eigenvalue weighted by Crippen LogP contribution is 2.20. The second kappa shape index (κ2) is 7.00. The van der Waals surface area contributed by atoms with Gasteiger partial charge in [0.05, 0.1) is 5.52 Å². The summed E-state index contributed by atoms with van der Waals surface area (Å²) >= 11 is 3.44. The first-order valence-corrected chi connectivity index (χ1v) is 9.34. The summed E-state index contributed by atoms with van der Waals surface area (Å²) in [4.78, 5) is 29.6. The number of nitrogens with one attached hydrogen (secondary N) is 1. The summed E-state index contributed by atoms with van der Waals surface area (Å²) in [7, 11) is 0. The molecule has 1 N–H and O–H groups in total. The highest BCUT2D eigenvalue weighted by Gasteiger charge is 2.12. The van der Waals surface area contributed by atoms with Crippen LogP contribution in [0.2, 0.25) is 0 Å². The quantitative estimate of drug-likeness (QED) is 0.542. The Balaban J connectivity index is 1.61. The molecule has 0 unspecified atom stereocenters. The molecule has 0 fully saturated rings. The SMILES string of the molecule is Cc1cc(NC(=O)CCn2c(=O)c3cccn3c3cccnc32)ccc1Br. The number of amides is 1. The van der Waals surface area contributed by atoms with Gasteiger partial charge in [0, 0.05) is 35.5 Å². The maximum Gasteiger partial charge on any atom is 0.276 e. The van der Waals surface area contributed by atoms with Crippen LogP contribution in [-0.4, -0.2) is 19.9 Å². The van der Waals surface area contributed by atoms with Crippen LogP contribution in [0.25, 0.3) is 16.7 Å². The standard InChI is InChI=1S/C20H17BrN4O2/c1-13-12-14(6-7-15(13)21)23-18(26)8-11-25-19-16(4-2-9-22-19)24-10-3-5-17(24)20(25)27/h2-7,9-10,12H,8,11H2,1H3,(H,23,26). The van der Waals surface area contributed by atoms with Crippen molar-refractivity contribution in [3.8, 4) is 0 Å². The first-order chi connectivity index (χ1) is 13.0. The number of nitrogens with zero attached hydrogens (tertiary/aromatic N) is 3. The molecule has 0 spiro atoms.